The molecule has 1 aliphatic carbocycles. The third kappa shape index (κ3) is 9.14. The summed E-state index contributed by atoms with van der Waals surface area (Å²) in [5.74, 6) is 0.275. The van der Waals surface area contributed by atoms with Gasteiger partial charge in [0.05, 0.1) is 6.10 Å². The Morgan fingerprint density at radius 3 is 2.52 bits per heavy atom. The first-order valence-electron chi connectivity index (χ1n) is 9.71. The third-order valence-corrected chi connectivity index (χ3v) is 5.13. The van der Waals surface area contributed by atoms with Crippen molar-refractivity contribution in [3.63, 3.8) is 0 Å². The Kier molecular flexibility index (Phi) is 11.1. The molecular formula is C20H36O3. The molecule has 0 radical (unpaired) electrons. The van der Waals surface area contributed by atoms with Crippen molar-refractivity contribution in [1.82, 2.24) is 0 Å². The summed E-state index contributed by atoms with van der Waals surface area (Å²) < 4.78 is 0. The van der Waals surface area contributed by atoms with E-state index >= 15 is 0 Å². The van der Waals surface area contributed by atoms with Crippen molar-refractivity contribution in [2.45, 2.75) is 96.5 Å². The SMILES string of the molecule is CCCCCCC=C[C@H]1CC[C@H](O)[C@@H]1CCCCCCC(=O)O. The average molecular weight is 325 g/mol. The summed E-state index contributed by atoms with van der Waals surface area (Å²) >= 11 is 0. The fourth-order valence-electron chi connectivity index (χ4n) is 3.69. The smallest absolute Gasteiger partial charge is 0.303 e. The average Bonchev–Trinajstić information content (AvgIpc) is 2.86. The predicted octanol–water partition coefficient (Wildman–Crippen LogP) is 5.33. The maximum Gasteiger partial charge on any atom is 0.303 e. The number of aliphatic hydroxyl groups excluding tert-OH is 1. The van der Waals surface area contributed by atoms with E-state index in [0.29, 0.717) is 11.8 Å². The number of carboxylic acid groups (broad SMARTS) is 1. The van der Waals surface area contributed by atoms with Crippen LogP contribution in [0, 0.1) is 11.8 Å². The molecule has 0 unspecified atom stereocenters. The van der Waals surface area contributed by atoms with E-state index in [4.69, 9.17) is 5.11 Å². The molecular weight excluding hydrogens is 288 g/mol. The van der Waals surface area contributed by atoms with Gasteiger partial charge in [0.2, 0.25) is 0 Å². The number of hydrogen-bond acceptors (Lipinski definition) is 2. The molecule has 0 aromatic carbocycles. The molecule has 23 heavy (non-hydrogen) atoms. The summed E-state index contributed by atoms with van der Waals surface area (Å²) in [5.41, 5.74) is 0. The fourth-order valence-corrected chi connectivity index (χ4v) is 3.69. The maximum atomic E-state index is 10.5. The molecule has 0 aliphatic heterocycles. The molecule has 0 bridgehead atoms. The standard InChI is InChI=1S/C20H36O3/c1-2-3-4-5-6-9-12-17-15-16-19(21)18(17)13-10-7-8-11-14-20(22)23/h9,12,17-19,21H,2-8,10-11,13-16H2,1H3,(H,22,23)/t17-,18+,19-/m0/s1. The lowest BCUT2D eigenvalue weighted by Crippen LogP contribution is -2.18. The van der Waals surface area contributed by atoms with Crippen molar-refractivity contribution in [2.24, 2.45) is 11.8 Å². The maximum absolute atomic E-state index is 10.5. The second-order valence-electron chi connectivity index (χ2n) is 7.10. The minimum atomic E-state index is -0.694. The molecule has 0 aromatic rings. The fraction of sp³-hybridized carbons (Fsp3) is 0.850. The Balaban J connectivity index is 2.17. The first-order valence-corrected chi connectivity index (χ1v) is 9.71. The monoisotopic (exact) mass is 324 g/mol. The van der Waals surface area contributed by atoms with Crippen molar-refractivity contribution in [1.29, 1.82) is 0 Å². The van der Waals surface area contributed by atoms with Crippen molar-refractivity contribution in [3.05, 3.63) is 12.2 Å². The normalized spacial score (nSPS) is 24.5. The Bertz CT molecular complexity index is 338. The number of carboxylic acids is 1. The highest BCUT2D eigenvalue weighted by molar-refractivity contribution is 5.66. The Hall–Kier alpha value is -0.830. The van der Waals surface area contributed by atoms with Gasteiger partial charge in [0, 0.05) is 6.42 Å². The van der Waals surface area contributed by atoms with Crippen molar-refractivity contribution in [3.8, 4) is 0 Å². The molecule has 0 heterocycles. The van der Waals surface area contributed by atoms with Crippen molar-refractivity contribution < 1.29 is 15.0 Å². The highest BCUT2D eigenvalue weighted by atomic mass is 16.4. The van der Waals surface area contributed by atoms with E-state index in [-0.39, 0.29) is 12.5 Å². The molecule has 0 saturated heterocycles. The van der Waals surface area contributed by atoms with Gasteiger partial charge in [-0.25, -0.2) is 0 Å². The molecule has 134 valence electrons. The summed E-state index contributed by atoms with van der Waals surface area (Å²) in [5, 5.41) is 18.8. The van der Waals surface area contributed by atoms with E-state index in [1.54, 1.807) is 0 Å². The minimum Gasteiger partial charge on any atom is -0.481 e. The molecule has 1 rings (SSSR count). The van der Waals surface area contributed by atoms with Crippen LogP contribution in [-0.2, 0) is 4.79 Å². The molecule has 0 aromatic heterocycles. The number of aliphatic hydroxyl groups is 1. The van der Waals surface area contributed by atoms with Crippen LogP contribution in [0.5, 0.6) is 0 Å². The first kappa shape index (κ1) is 20.2. The highest BCUT2D eigenvalue weighted by Crippen LogP contribution is 2.36. The number of aliphatic carboxylic acids is 1. The zero-order chi connectivity index (χ0) is 16.9. The molecule has 3 atom stereocenters. The largest absolute Gasteiger partial charge is 0.481 e. The third-order valence-electron chi connectivity index (χ3n) is 5.13. The molecule has 3 heteroatoms. The van der Waals surface area contributed by atoms with Crippen LogP contribution in [0.1, 0.15) is 90.4 Å². The second-order valence-corrected chi connectivity index (χ2v) is 7.10. The number of allylic oxidation sites excluding steroid dienone is 2. The van der Waals surface area contributed by atoms with Crippen LogP contribution in [0.15, 0.2) is 12.2 Å². The van der Waals surface area contributed by atoms with Crippen LogP contribution in [0.2, 0.25) is 0 Å². The van der Waals surface area contributed by atoms with Crippen LogP contribution in [0.4, 0.5) is 0 Å². The number of carbonyl (C=O) groups is 1. The molecule has 1 fully saturated rings. The van der Waals surface area contributed by atoms with E-state index in [1.807, 2.05) is 0 Å². The van der Waals surface area contributed by atoms with Gasteiger partial charge in [0.15, 0.2) is 0 Å². The van der Waals surface area contributed by atoms with Gasteiger partial charge < -0.3 is 10.2 Å². The zero-order valence-corrected chi connectivity index (χ0v) is 14.9. The topological polar surface area (TPSA) is 57.5 Å². The van der Waals surface area contributed by atoms with E-state index in [9.17, 15) is 9.90 Å². The van der Waals surface area contributed by atoms with Gasteiger partial charge in [-0.3, -0.25) is 4.79 Å². The van der Waals surface area contributed by atoms with Crippen LogP contribution in [-0.4, -0.2) is 22.3 Å². The number of rotatable bonds is 13. The van der Waals surface area contributed by atoms with Crippen molar-refractivity contribution >= 4 is 5.97 Å². The van der Waals surface area contributed by atoms with Crippen molar-refractivity contribution in [2.75, 3.05) is 0 Å². The quantitative estimate of drug-likeness (QED) is 0.356. The van der Waals surface area contributed by atoms with Crippen LogP contribution >= 0.6 is 0 Å². The minimum absolute atomic E-state index is 0.135. The van der Waals surface area contributed by atoms with E-state index in [2.05, 4.69) is 19.1 Å². The molecule has 2 N–H and O–H groups in total. The first-order chi connectivity index (χ1) is 11.1. The van der Waals surface area contributed by atoms with Gasteiger partial charge in [-0.05, 0) is 50.4 Å². The van der Waals surface area contributed by atoms with E-state index in [1.165, 1.54) is 32.1 Å². The van der Waals surface area contributed by atoms with Gasteiger partial charge in [-0.1, -0.05) is 57.6 Å². The van der Waals surface area contributed by atoms with E-state index in [0.717, 1.165) is 44.9 Å². The Labute approximate surface area is 142 Å². The molecule has 0 amide bonds. The Morgan fingerprint density at radius 2 is 1.78 bits per heavy atom. The summed E-state index contributed by atoms with van der Waals surface area (Å²) in [7, 11) is 0. The summed E-state index contributed by atoms with van der Waals surface area (Å²) in [4.78, 5) is 10.5. The summed E-state index contributed by atoms with van der Waals surface area (Å²) in [6.07, 6.45) is 18.4. The Morgan fingerprint density at radius 1 is 1.04 bits per heavy atom. The van der Waals surface area contributed by atoms with Crippen LogP contribution < -0.4 is 0 Å². The lowest BCUT2D eigenvalue weighted by Gasteiger charge is -2.19. The molecule has 1 aliphatic rings. The van der Waals surface area contributed by atoms with Gasteiger partial charge in [0.25, 0.3) is 0 Å². The number of hydrogen-bond donors (Lipinski definition) is 2. The number of unbranched alkanes of at least 4 members (excludes halogenated alkanes) is 7. The second kappa shape index (κ2) is 12.6. The van der Waals surface area contributed by atoms with Gasteiger partial charge >= 0.3 is 5.97 Å². The van der Waals surface area contributed by atoms with Gasteiger partial charge in [0.1, 0.15) is 0 Å². The molecule has 0 spiro atoms. The predicted molar refractivity (Wildman–Crippen MR) is 95.5 cm³/mol. The van der Waals surface area contributed by atoms with E-state index < -0.39 is 5.97 Å². The van der Waals surface area contributed by atoms with Gasteiger partial charge in [-0.15, -0.1) is 0 Å². The highest BCUT2D eigenvalue weighted by Gasteiger charge is 2.32. The lowest BCUT2D eigenvalue weighted by atomic mass is 9.88. The van der Waals surface area contributed by atoms with Crippen LogP contribution in [0.3, 0.4) is 0 Å². The lowest BCUT2D eigenvalue weighted by molar-refractivity contribution is -0.137. The molecule has 1 saturated carbocycles. The summed E-state index contributed by atoms with van der Waals surface area (Å²) in [6.45, 7) is 2.24. The van der Waals surface area contributed by atoms with Crippen LogP contribution in [0.25, 0.3) is 0 Å². The zero-order valence-electron chi connectivity index (χ0n) is 14.9. The van der Waals surface area contributed by atoms with Gasteiger partial charge in [-0.2, -0.15) is 0 Å². The molecule has 3 nitrogen and oxygen atoms in total. The summed E-state index contributed by atoms with van der Waals surface area (Å²) in [6, 6.07) is 0.